The van der Waals surface area contributed by atoms with Crippen LogP contribution in [0.1, 0.15) is 32.8 Å². The van der Waals surface area contributed by atoms with E-state index in [0.717, 1.165) is 44.9 Å². The van der Waals surface area contributed by atoms with Gasteiger partial charge in [0.1, 0.15) is 5.65 Å². The van der Waals surface area contributed by atoms with Crippen LogP contribution in [0, 0.1) is 5.92 Å². The summed E-state index contributed by atoms with van der Waals surface area (Å²) in [6.45, 7) is 10.9. The molecular formula is C17H27N3O. The Hall–Kier alpha value is -1.39. The van der Waals surface area contributed by atoms with E-state index in [1.165, 1.54) is 10.9 Å². The van der Waals surface area contributed by atoms with E-state index >= 15 is 0 Å². The number of fused-ring (bicyclic) bond motifs is 1. The second-order valence-electron chi connectivity index (χ2n) is 5.87. The van der Waals surface area contributed by atoms with Crippen molar-refractivity contribution in [1.29, 1.82) is 0 Å². The van der Waals surface area contributed by atoms with Gasteiger partial charge in [-0.25, -0.2) is 4.98 Å². The van der Waals surface area contributed by atoms with Gasteiger partial charge >= 0.3 is 0 Å². The van der Waals surface area contributed by atoms with Gasteiger partial charge in [-0.1, -0.05) is 20.8 Å². The van der Waals surface area contributed by atoms with E-state index < -0.39 is 0 Å². The molecule has 0 radical (unpaired) electrons. The zero-order valence-electron chi connectivity index (χ0n) is 13.4. The van der Waals surface area contributed by atoms with Gasteiger partial charge in [0.25, 0.3) is 0 Å². The summed E-state index contributed by atoms with van der Waals surface area (Å²) in [7, 11) is 0. The van der Waals surface area contributed by atoms with Crippen LogP contribution >= 0.6 is 0 Å². The number of hydrogen-bond acceptors (Lipinski definition) is 3. The average molecular weight is 289 g/mol. The van der Waals surface area contributed by atoms with Gasteiger partial charge in [-0.3, -0.25) is 0 Å². The highest BCUT2D eigenvalue weighted by molar-refractivity contribution is 5.80. The Labute approximate surface area is 127 Å². The van der Waals surface area contributed by atoms with E-state index in [9.17, 15) is 0 Å². The predicted octanol–water partition coefficient (Wildman–Crippen LogP) is 3.21. The molecular weight excluding hydrogens is 262 g/mol. The van der Waals surface area contributed by atoms with Crippen molar-refractivity contribution in [3.63, 3.8) is 0 Å². The number of nitrogens with one attached hydrogen (secondary N) is 1. The zero-order chi connectivity index (χ0) is 15.1. The number of rotatable bonds is 9. The fraction of sp³-hybridized carbons (Fsp3) is 0.588. The van der Waals surface area contributed by atoms with E-state index in [4.69, 9.17) is 4.74 Å². The fourth-order valence-corrected chi connectivity index (χ4v) is 2.39. The van der Waals surface area contributed by atoms with Crippen LogP contribution in [0.4, 0.5) is 0 Å². The lowest BCUT2D eigenvalue weighted by atomic mass is 10.2. The lowest BCUT2D eigenvalue weighted by Crippen LogP contribution is -2.13. The molecule has 0 aliphatic carbocycles. The highest BCUT2D eigenvalue weighted by Crippen LogP contribution is 2.19. The number of nitrogens with zero attached hydrogens (tertiary/aromatic N) is 2. The van der Waals surface area contributed by atoms with Crippen molar-refractivity contribution >= 4 is 11.0 Å². The van der Waals surface area contributed by atoms with Gasteiger partial charge in [-0.15, -0.1) is 0 Å². The third kappa shape index (κ3) is 4.55. The summed E-state index contributed by atoms with van der Waals surface area (Å²) in [5.41, 5.74) is 2.37. The Bertz CT molecular complexity index is 548. The Morgan fingerprint density at radius 2 is 2.24 bits per heavy atom. The molecule has 0 spiro atoms. The van der Waals surface area contributed by atoms with Crippen LogP contribution in [0.5, 0.6) is 0 Å². The second kappa shape index (κ2) is 8.15. The van der Waals surface area contributed by atoms with Gasteiger partial charge in [-0.05, 0) is 36.6 Å². The molecule has 0 aliphatic rings. The predicted molar refractivity (Wildman–Crippen MR) is 87.4 cm³/mol. The van der Waals surface area contributed by atoms with Gasteiger partial charge in [0.2, 0.25) is 0 Å². The van der Waals surface area contributed by atoms with Gasteiger partial charge in [0.05, 0.1) is 6.61 Å². The first kappa shape index (κ1) is 16.0. The first-order valence-corrected chi connectivity index (χ1v) is 7.93. The van der Waals surface area contributed by atoms with Gasteiger partial charge in [0.15, 0.2) is 0 Å². The minimum atomic E-state index is 0.582. The normalized spacial score (nSPS) is 11.6. The summed E-state index contributed by atoms with van der Waals surface area (Å²) in [4.78, 5) is 4.52. The summed E-state index contributed by atoms with van der Waals surface area (Å²) in [6, 6.07) is 4.15. The molecule has 21 heavy (non-hydrogen) atoms. The maximum Gasteiger partial charge on any atom is 0.140 e. The van der Waals surface area contributed by atoms with Crippen molar-refractivity contribution in [2.45, 2.75) is 40.3 Å². The Kier molecular flexibility index (Phi) is 6.21. The van der Waals surface area contributed by atoms with Gasteiger partial charge in [0, 0.05) is 37.5 Å². The van der Waals surface area contributed by atoms with E-state index in [0.29, 0.717) is 5.92 Å². The van der Waals surface area contributed by atoms with Crippen LogP contribution < -0.4 is 5.32 Å². The molecule has 2 rings (SSSR count). The lowest BCUT2D eigenvalue weighted by molar-refractivity contribution is 0.104. The lowest BCUT2D eigenvalue weighted by Gasteiger charge is -2.08. The molecule has 0 saturated heterocycles. The summed E-state index contributed by atoms with van der Waals surface area (Å²) in [5.74, 6) is 0.582. The van der Waals surface area contributed by atoms with Gasteiger partial charge in [-0.2, -0.15) is 0 Å². The fourth-order valence-electron chi connectivity index (χ4n) is 2.39. The Balaban J connectivity index is 2.04. The SMILES string of the molecule is CCCNCc1cn(CCOCC(C)C)c2ncccc12. The summed E-state index contributed by atoms with van der Waals surface area (Å²) >= 11 is 0. The van der Waals surface area contributed by atoms with Crippen molar-refractivity contribution in [2.75, 3.05) is 19.8 Å². The Morgan fingerprint density at radius 1 is 1.38 bits per heavy atom. The molecule has 0 atom stereocenters. The van der Waals surface area contributed by atoms with Crippen LogP contribution in [0.25, 0.3) is 11.0 Å². The molecule has 4 heteroatoms. The second-order valence-corrected chi connectivity index (χ2v) is 5.87. The van der Waals surface area contributed by atoms with E-state index in [1.54, 1.807) is 0 Å². The van der Waals surface area contributed by atoms with Crippen LogP contribution in [0.15, 0.2) is 24.5 Å². The van der Waals surface area contributed by atoms with Crippen molar-refractivity contribution in [3.8, 4) is 0 Å². The molecule has 4 nitrogen and oxygen atoms in total. The highest BCUT2D eigenvalue weighted by atomic mass is 16.5. The van der Waals surface area contributed by atoms with E-state index in [2.05, 4.69) is 47.9 Å². The summed E-state index contributed by atoms with van der Waals surface area (Å²) in [6.07, 6.45) is 5.22. The van der Waals surface area contributed by atoms with Gasteiger partial charge < -0.3 is 14.6 Å². The van der Waals surface area contributed by atoms with Crippen LogP contribution in [0.2, 0.25) is 0 Å². The molecule has 0 aliphatic heterocycles. The molecule has 0 amide bonds. The van der Waals surface area contributed by atoms with Crippen LogP contribution in [-0.2, 0) is 17.8 Å². The standard InChI is InChI=1S/C17H27N3O/c1-4-7-18-11-15-12-20(9-10-21-13-14(2)3)17-16(15)6-5-8-19-17/h5-6,8,12,14,18H,4,7,9-11,13H2,1-3H3. The topological polar surface area (TPSA) is 39.1 Å². The average Bonchev–Trinajstić information content (AvgIpc) is 2.82. The Morgan fingerprint density at radius 3 is 3.00 bits per heavy atom. The molecule has 116 valence electrons. The van der Waals surface area contributed by atoms with Crippen molar-refractivity contribution in [2.24, 2.45) is 5.92 Å². The van der Waals surface area contributed by atoms with Crippen LogP contribution in [0.3, 0.4) is 0 Å². The van der Waals surface area contributed by atoms with Crippen molar-refractivity contribution in [1.82, 2.24) is 14.9 Å². The van der Waals surface area contributed by atoms with Crippen LogP contribution in [-0.4, -0.2) is 29.3 Å². The van der Waals surface area contributed by atoms with Crippen molar-refractivity contribution < 1.29 is 4.74 Å². The number of ether oxygens (including phenoxy) is 1. The maximum atomic E-state index is 5.69. The number of hydrogen-bond donors (Lipinski definition) is 1. The highest BCUT2D eigenvalue weighted by Gasteiger charge is 2.08. The molecule has 2 aromatic rings. The summed E-state index contributed by atoms with van der Waals surface area (Å²) < 4.78 is 7.90. The van der Waals surface area contributed by atoms with E-state index in [1.807, 2.05) is 12.3 Å². The molecule has 2 aromatic heterocycles. The molecule has 0 saturated carbocycles. The molecule has 0 bridgehead atoms. The largest absolute Gasteiger partial charge is 0.379 e. The first-order valence-electron chi connectivity index (χ1n) is 7.93. The third-order valence-electron chi connectivity index (χ3n) is 3.39. The maximum absolute atomic E-state index is 5.69. The molecule has 2 heterocycles. The molecule has 0 fully saturated rings. The number of pyridine rings is 1. The third-order valence-corrected chi connectivity index (χ3v) is 3.39. The minimum Gasteiger partial charge on any atom is -0.379 e. The first-order chi connectivity index (χ1) is 10.2. The quantitative estimate of drug-likeness (QED) is 0.721. The monoisotopic (exact) mass is 289 g/mol. The summed E-state index contributed by atoms with van der Waals surface area (Å²) in [5, 5.41) is 4.71. The van der Waals surface area contributed by atoms with Crippen molar-refractivity contribution in [3.05, 3.63) is 30.1 Å². The van der Waals surface area contributed by atoms with E-state index in [-0.39, 0.29) is 0 Å². The smallest absolute Gasteiger partial charge is 0.140 e. The zero-order valence-corrected chi connectivity index (χ0v) is 13.4. The number of aromatic nitrogens is 2. The molecule has 0 unspecified atom stereocenters. The molecule has 0 aromatic carbocycles. The molecule has 1 N–H and O–H groups in total. The minimum absolute atomic E-state index is 0.582.